The summed E-state index contributed by atoms with van der Waals surface area (Å²) in [6.07, 6.45) is 5.12. The Morgan fingerprint density at radius 1 is 1.29 bits per heavy atom. The number of nitrogens with one attached hydrogen (secondary N) is 2. The highest BCUT2D eigenvalue weighted by Crippen LogP contribution is 2.18. The second-order valence-electron chi connectivity index (χ2n) is 5.20. The minimum absolute atomic E-state index is 0.0624. The van der Waals surface area contributed by atoms with Crippen LogP contribution >= 0.6 is 0 Å². The SMILES string of the molecule is O=S(=O)(Nc1cccc(CN2CCCC2)c1)c1cnc[nH]1. The van der Waals surface area contributed by atoms with Crippen molar-refractivity contribution in [3.8, 4) is 0 Å². The van der Waals surface area contributed by atoms with Crippen LogP contribution < -0.4 is 4.72 Å². The molecule has 1 saturated heterocycles. The monoisotopic (exact) mass is 306 g/mol. The van der Waals surface area contributed by atoms with Crippen LogP contribution in [-0.2, 0) is 16.6 Å². The molecule has 21 heavy (non-hydrogen) atoms. The quantitative estimate of drug-likeness (QED) is 0.883. The zero-order chi connectivity index (χ0) is 14.7. The van der Waals surface area contributed by atoms with Gasteiger partial charge in [0, 0.05) is 12.2 Å². The van der Waals surface area contributed by atoms with Crippen molar-refractivity contribution in [2.24, 2.45) is 0 Å². The van der Waals surface area contributed by atoms with Gasteiger partial charge in [-0.2, -0.15) is 8.42 Å². The average molecular weight is 306 g/mol. The van der Waals surface area contributed by atoms with Crippen LogP contribution in [0.4, 0.5) is 5.69 Å². The summed E-state index contributed by atoms with van der Waals surface area (Å²) in [6, 6.07) is 7.52. The molecule has 1 aliphatic rings. The van der Waals surface area contributed by atoms with Gasteiger partial charge in [-0.25, -0.2) is 4.98 Å². The molecule has 0 radical (unpaired) electrons. The number of imidazole rings is 1. The lowest BCUT2D eigenvalue weighted by Crippen LogP contribution is -2.18. The second-order valence-corrected chi connectivity index (χ2v) is 6.86. The fourth-order valence-corrected chi connectivity index (χ4v) is 3.49. The van der Waals surface area contributed by atoms with Crippen LogP contribution in [-0.4, -0.2) is 36.4 Å². The molecule has 1 aromatic carbocycles. The van der Waals surface area contributed by atoms with Crippen LogP contribution in [0, 0.1) is 0 Å². The van der Waals surface area contributed by atoms with Gasteiger partial charge in [0.15, 0.2) is 5.03 Å². The van der Waals surface area contributed by atoms with Crippen molar-refractivity contribution in [3.05, 3.63) is 42.4 Å². The zero-order valence-corrected chi connectivity index (χ0v) is 12.4. The molecular formula is C14H18N4O2S. The molecule has 0 bridgehead atoms. The van der Waals surface area contributed by atoms with E-state index in [9.17, 15) is 8.42 Å². The number of anilines is 1. The first-order valence-electron chi connectivity index (χ1n) is 6.96. The largest absolute Gasteiger partial charge is 0.334 e. The highest BCUT2D eigenvalue weighted by atomic mass is 32.2. The number of hydrogen-bond donors (Lipinski definition) is 2. The third-order valence-electron chi connectivity index (χ3n) is 3.55. The zero-order valence-electron chi connectivity index (χ0n) is 11.6. The summed E-state index contributed by atoms with van der Waals surface area (Å²) in [5.74, 6) is 0. The summed E-state index contributed by atoms with van der Waals surface area (Å²) in [4.78, 5) is 8.71. The molecule has 0 atom stereocenters. The Hall–Kier alpha value is -1.86. The third-order valence-corrected chi connectivity index (χ3v) is 4.85. The van der Waals surface area contributed by atoms with E-state index in [4.69, 9.17) is 0 Å². The van der Waals surface area contributed by atoms with Crippen LogP contribution in [0.15, 0.2) is 41.8 Å². The van der Waals surface area contributed by atoms with Gasteiger partial charge in [-0.15, -0.1) is 0 Å². The van der Waals surface area contributed by atoms with E-state index < -0.39 is 10.0 Å². The van der Waals surface area contributed by atoms with Crippen LogP contribution in [0.2, 0.25) is 0 Å². The van der Waals surface area contributed by atoms with Crippen molar-refractivity contribution >= 4 is 15.7 Å². The molecule has 0 aliphatic carbocycles. The van der Waals surface area contributed by atoms with Gasteiger partial charge >= 0.3 is 0 Å². The van der Waals surface area contributed by atoms with Crippen molar-refractivity contribution in [2.45, 2.75) is 24.4 Å². The van der Waals surface area contributed by atoms with Gasteiger partial charge in [0.05, 0.1) is 12.5 Å². The molecule has 0 saturated carbocycles. The average Bonchev–Trinajstić information content (AvgIpc) is 3.11. The maximum Gasteiger partial charge on any atom is 0.278 e. The molecule has 2 N–H and O–H groups in total. The van der Waals surface area contributed by atoms with Crippen molar-refractivity contribution in [3.63, 3.8) is 0 Å². The number of sulfonamides is 1. The van der Waals surface area contributed by atoms with Gasteiger partial charge in [0.1, 0.15) is 0 Å². The van der Waals surface area contributed by atoms with E-state index in [0.717, 1.165) is 25.2 Å². The topological polar surface area (TPSA) is 78.1 Å². The summed E-state index contributed by atoms with van der Waals surface area (Å²) in [5, 5.41) is 0.0624. The Labute approximate surface area is 124 Å². The van der Waals surface area contributed by atoms with Gasteiger partial charge in [0.2, 0.25) is 0 Å². The Morgan fingerprint density at radius 3 is 2.81 bits per heavy atom. The fraction of sp³-hybridized carbons (Fsp3) is 0.357. The molecule has 0 amide bonds. The summed E-state index contributed by atoms with van der Waals surface area (Å²) in [5.41, 5.74) is 1.68. The number of nitrogens with zero attached hydrogens (tertiary/aromatic N) is 2. The first kappa shape index (κ1) is 14.1. The van der Waals surface area contributed by atoms with E-state index in [-0.39, 0.29) is 5.03 Å². The number of aromatic amines is 1. The Bertz CT molecular complexity index is 692. The molecule has 1 fully saturated rings. The van der Waals surface area contributed by atoms with Crippen LogP contribution in [0.5, 0.6) is 0 Å². The summed E-state index contributed by atoms with van der Waals surface area (Å²) >= 11 is 0. The lowest BCUT2D eigenvalue weighted by molar-refractivity contribution is 0.331. The van der Waals surface area contributed by atoms with Gasteiger partial charge in [-0.3, -0.25) is 9.62 Å². The highest BCUT2D eigenvalue weighted by molar-refractivity contribution is 7.92. The minimum atomic E-state index is -3.60. The smallest absolute Gasteiger partial charge is 0.278 e. The first-order valence-corrected chi connectivity index (χ1v) is 8.44. The molecule has 112 valence electrons. The number of aromatic nitrogens is 2. The van der Waals surface area contributed by atoms with Crippen LogP contribution in [0.3, 0.4) is 0 Å². The molecule has 0 unspecified atom stereocenters. The minimum Gasteiger partial charge on any atom is -0.334 e. The van der Waals surface area contributed by atoms with E-state index in [1.165, 1.54) is 25.4 Å². The highest BCUT2D eigenvalue weighted by Gasteiger charge is 2.16. The number of rotatable bonds is 5. The predicted octanol–water partition coefficient (Wildman–Crippen LogP) is 1.81. The van der Waals surface area contributed by atoms with E-state index in [0.29, 0.717) is 5.69 Å². The molecule has 2 heterocycles. The van der Waals surface area contributed by atoms with Crippen molar-refractivity contribution < 1.29 is 8.42 Å². The second kappa shape index (κ2) is 5.87. The van der Waals surface area contributed by atoms with Crippen LogP contribution in [0.25, 0.3) is 0 Å². The molecule has 2 aromatic rings. The van der Waals surface area contributed by atoms with Crippen molar-refractivity contribution in [1.82, 2.24) is 14.9 Å². The maximum atomic E-state index is 12.1. The number of H-pyrrole nitrogens is 1. The van der Waals surface area contributed by atoms with Crippen LogP contribution in [0.1, 0.15) is 18.4 Å². The molecule has 7 heteroatoms. The van der Waals surface area contributed by atoms with Gasteiger partial charge in [0.25, 0.3) is 10.0 Å². The Morgan fingerprint density at radius 2 is 2.10 bits per heavy atom. The fourth-order valence-electron chi connectivity index (χ4n) is 2.53. The third kappa shape index (κ3) is 3.43. The van der Waals surface area contributed by atoms with Crippen molar-refractivity contribution in [2.75, 3.05) is 17.8 Å². The Kier molecular flexibility index (Phi) is 3.94. The standard InChI is InChI=1S/C14H18N4O2S/c19-21(20,14-9-15-11-16-14)17-13-5-3-4-12(8-13)10-18-6-1-2-7-18/h3-5,8-9,11,17H,1-2,6-7,10H2,(H,15,16). The molecular weight excluding hydrogens is 288 g/mol. The first-order chi connectivity index (χ1) is 10.1. The molecule has 1 aromatic heterocycles. The molecule has 6 nitrogen and oxygen atoms in total. The Balaban J connectivity index is 1.74. The van der Waals surface area contributed by atoms with E-state index in [2.05, 4.69) is 19.6 Å². The molecule has 1 aliphatic heterocycles. The maximum absolute atomic E-state index is 12.1. The van der Waals surface area contributed by atoms with Gasteiger partial charge in [-0.05, 0) is 43.6 Å². The predicted molar refractivity (Wildman–Crippen MR) is 80.3 cm³/mol. The summed E-state index contributed by atoms with van der Waals surface area (Å²) in [6.45, 7) is 3.09. The number of hydrogen-bond acceptors (Lipinski definition) is 4. The number of likely N-dealkylation sites (tertiary alicyclic amines) is 1. The summed E-state index contributed by atoms with van der Waals surface area (Å²) in [7, 11) is -3.60. The number of benzene rings is 1. The normalized spacial score (nSPS) is 16.2. The van der Waals surface area contributed by atoms with Gasteiger partial charge in [-0.1, -0.05) is 12.1 Å². The lowest BCUT2D eigenvalue weighted by Gasteiger charge is -2.15. The van der Waals surface area contributed by atoms with E-state index >= 15 is 0 Å². The van der Waals surface area contributed by atoms with Gasteiger partial charge < -0.3 is 4.98 Å². The van der Waals surface area contributed by atoms with E-state index in [1.807, 2.05) is 18.2 Å². The molecule has 3 rings (SSSR count). The molecule has 0 spiro atoms. The summed E-state index contributed by atoms with van der Waals surface area (Å²) < 4.78 is 26.8. The van der Waals surface area contributed by atoms with Crippen molar-refractivity contribution in [1.29, 1.82) is 0 Å². The van der Waals surface area contributed by atoms with E-state index in [1.54, 1.807) is 6.07 Å². The lowest BCUT2D eigenvalue weighted by atomic mass is 10.2.